The fourth-order valence-electron chi connectivity index (χ4n) is 6.14. The van der Waals surface area contributed by atoms with Crippen molar-refractivity contribution in [2.45, 2.75) is 59.3 Å². The van der Waals surface area contributed by atoms with Gasteiger partial charge in [-0.05, 0) is 65.6 Å². The Bertz CT molecular complexity index is 1450. The Morgan fingerprint density at radius 2 is 1.54 bits per heavy atom. The predicted octanol–water partition coefficient (Wildman–Crippen LogP) is 6.48. The van der Waals surface area contributed by atoms with Crippen LogP contribution in [0, 0.1) is 16.6 Å². The van der Waals surface area contributed by atoms with Gasteiger partial charge in [-0.1, -0.05) is 39.3 Å². The van der Waals surface area contributed by atoms with Crippen LogP contribution in [0.2, 0.25) is 5.02 Å². The van der Waals surface area contributed by atoms with E-state index in [1.165, 1.54) is 31.4 Å². The minimum atomic E-state index is -0.587. The third-order valence-electron chi connectivity index (χ3n) is 7.78. The van der Waals surface area contributed by atoms with Crippen molar-refractivity contribution in [2.75, 3.05) is 19.0 Å². The third-order valence-corrected chi connectivity index (χ3v) is 8.06. The van der Waals surface area contributed by atoms with Crippen LogP contribution in [0.25, 0.3) is 0 Å². The number of ketones is 2. The Morgan fingerprint density at radius 1 is 0.976 bits per heavy atom. The Labute approximate surface area is 244 Å². The zero-order chi connectivity index (χ0) is 29.7. The minimum absolute atomic E-state index is 0.00538. The second-order valence-corrected chi connectivity index (χ2v) is 13.0. The molecule has 41 heavy (non-hydrogen) atoms. The molecule has 0 saturated carbocycles. The summed E-state index contributed by atoms with van der Waals surface area (Å²) in [7, 11) is 1.46. The van der Waals surface area contributed by atoms with E-state index >= 15 is 0 Å². The van der Waals surface area contributed by atoms with E-state index in [1.54, 1.807) is 12.1 Å². The van der Waals surface area contributed by atoms with Gasteiger partial charge < -0.3 is 20.1 Å². The van der Waals surface area contributed by atoms with Gasteiger partial charge in [-0.25, -0.2) is 4.39 Å². The lowest BCUT2D eigenvalue weighted by Gasteiger charge is -2.44. The van der Waals surface area contributed by atoms with Crippen molar-refractivity contribution in [1.82, 2.24) is 5.32 Å². The summed E-state index contributed by atoms with van der Waals surface area (Å²) in [5, 5.41) is 6.32. The van der Waals surface area contributed by atoms with E-state index in [0.29, 0.717) is 48.1 Å². The molecule has 5 rings (SSSR count). The number of methoxy groups -OCH3 is 1. The van der Waals surface area contributed by atoms with E-state index < -0.39 is 17.6 Å². The fourth-order valence-corrected chi connectivity index (χ4v) is 6.41. The number of rotatable bonds is 6. The molecule has 0 saturated heterocycles. The third kappa shape index (κ3) is 5.89. The minimum Gasteiger partial charge on any atom is -0.493 e. The smallest absolute Gasteiger partial charge is 0.262 e. The van der Waals surface area contributed by atoms with E-state index in [1.807, 2.05) is 0 Å². The van der Waals surface area contributed by atoms with Crippen molar-refractivity contribution in [3.8, 4) is 11.5 Å². The summed E-state index contributed by atoms with van der Waals surface area (Å²) in [5.41, 5.74) is 3.57. The first-order valence-electron chi connectivity index (χ1n) is 13.6. The number of anilines is 1. The van der Waals surface area contributed by atoms with Gasteiger partial charge in [0.25, 0.3) is 5.91 Å². The van der Waals surface area contributed by atoms with Crippen molar-refractivity contribution in [3.63, 3.8) is 0 Å². The van der Waals surface area contributed by atoms with Crippen molar-refractivity contribution in [2.24, 2.45) is 10.8 Å². The molecule has 0 spiro atoms. The van der Waals surface area contributed by atoms with Crippen LogP contribution >= 0.6 is 11.6 Å². The number of carbonyl (C=O) groups is 3. The Balaban J connectivity index is 1.50. The number of nitrogens with one attached hydrogen (secondary N) is 2. The number of allylic oxidation sites excluding steroid dienone is 4. The van der Waals surface area contributed by atoms with Gasteiger partial charge in [-0.2, -0.15) is 0 Å². The average Bonchev–Trinajstić information content (AvgIpc) is 2.86. The second kappa shape index (κ2) is 10.6. The number of halogens is 2. The molecule has 2 aromatic rings. The van der Waals surface area contributed by atoms with Crippen LogP contribution in [-0.2, 0) is 14.4 Å². The molecule has 3 aliphatic rings. The van der Waals surface area contributed by atoms with Gasteiger partial charge in [0.15, 0.2) is 29.7 Å². The molecule has 0 aromatic heterocycles. The topological polar surface area (TPSA) is 93.7 Å². The number of carbonyl (C=O) groups excluding carboxylic acids is 3. The van der Waals surface area contributed by atoms with E-state index in [0.717, 1.165) is 11.4 Å². The maximum absolute atomic E-state index is 13.6. The van der Waals surface area contributed by atoms with Gasteiger partial charge in [-0.15, -0.1) is 0 Å². The van der Waals surface area contributed by atoms with E-state index in [9.17, 15) is 18.8 Å². The maximum Gasteiger partial charge on any atom is 0.262 e. The number of dihydropyridines is 1. The van der Waals surface area contributed by atoms with Crippen LogP contribution in [0.3, 0.4) is 0 Å². The Kier molecular flexibility index (Phi) is 7.49. The maximum atomic E-state index is 13.6. The molecule has 0 radical (unpaired) electrons. The zero-order valence-corrected chi connectivity index (χ0v) is 24.6. The molecule has 2 aromatic carbocycles. The molecule has 2 N–H and O–H groups in total. The monoisotopic (exact) mass is 580 g/mol. The van der Waals surface area contributed by atoms with Gasteiger partial charge in [0, 0.05) is 47.0 Å². The van der Waals surface area contributed by atoms with Crippen molar-refractivity contribution < 1.29 is 28.2 Å². The highest BCUT2D eigenvalue weighted by Gasteiger charge is 2.46. The molecule has 216 valence electrons. The molecule has 1 amide bonds. The highest BCUT2D eigenvalue weighted by Crippen LogP contribution is 2.52. The van der Waals surface area contributed by atoms with Gasteiger partial charge in [-0.3, -0.25) is 14.4 Å². The van der Waals surface area contributed by atoms with Crippen molar-refractivity contribution in [3.05, 3.63) is 75.3 Å². The first-order valence-corrected chi connectivity index (χ1v) is 14.0. The Morgan fingerprint density at radius 3 is 2.07 bits per heavy atom. The lowest BCUT2D eigenvalue weighted by molar-refractivity contribution is -0.119. The largest absolute Gasteiger partial charge is 0.493 e. The summed E-state index contributed by atoms with van der Waals surface area (Å²) in [6.45, 7) is 7.92. The SMILES string of the molecule is COc1cc(C2C3=C(CC(C)(C)CC3=O)NC3=C2C(=O)CC(C)(C)C3)cc(Cl)c1OCC(=O)Nc1ccc(F)cc1. The molecule has 1 heterocycles. The number of hydrogen-bond acceptors (Lipinski definition) is 6. The Hall–Kier alpha value is -3.65. The first-order chi connectivity index (χ1) is 19.3. The summed E-state index contributed by atoms with van der Waals surface area (Å²) < 4.78 is 24.5. The van der Waals surface area contributed by atoms with Gasteiger partial charge in [0.05, 0.1) is 12.1 Å². The summed E-state index contributed by atoms with van der Waals surface area (Å²) in [6, 6.07) is 8.79. The van der Waals surface area contributed by atoms with Gasteiger partial charge >= 0.3 is 0 Å². The number of benzene rings is 2. The van der Waals surface area contributed by atoms with Crippen LogP contribution in [0.4, 0.5) is 10.1 Å². The van der Waals surface area contributed by atoms with Gasteiger partial charge in [0.2, 0.25) is 0 Å². The predicted molar refractivity (Wildman–Crippen MR) is 155 cm³/mol. The second-order valence-electron chi connectivity index (χ2n) is 12.6. The van der Waals surface area contributed by atoms with E-state index in [2.05, 4.69) is 38.3 Å². The lowest BCUT2D eigenvalue weighted by atomic mass is 9.64. The normalized spacial score (nSPS) is 19.8. The summed E-state index contributed by atoms with van der Waals surface area (Å²) in [5.74, 6) is -1.01. The summed E-state index contributed by atoms with van der Waals surface area (Å²) in [6.07, 6.45) is 2.12. The standard InChI is InChI=1S/C32H34ClFN2O5/c1-31(2)12-21-28(23(37)14-31)27(29-22(36-21)13-32(3,4)15-24(29)38)17-10-20(33)30(25(11-17)40-5)41-16-26(39)35-19-8-6-18(34)7-9-19/h6-11,27,36H,12-16H2,1-5H3,(H,35,39). The van der Waals surface area contributed by atoms with Crippen LogP contribution in [0.1, 0.15) is 64.9 Å². The molecular formula is C32H34ClFN2O5. The lowest BCUT2D eigenvalue weighted by Crippen LogP contribution is -2.42. The highest BCUT2D eigenvalue weighted by molar-refractivity contribution is 6.32. The number of amides is 1. The molecule has 1 aliphatic heterocycles. The van der Waals surface area contributed by atoms with Crippen LogP contribution in [0.15, 0.2) is 58.9 Å². The molecule has 0 fully saturated rings. The zero-order valence-electron chi connectivity index (χ0n) is 23.9. The molecular weight excluding hydrogens is 547 g/mol. The van der Waals surface area contributed by atoms with E-state index in [-0.39, 0.29) is 45.5 Å². The first kappa shape index (κ1) is 28.9. The number of hydrogen-bond donors (Lipinski definition) is 2. The van der Waals surface area contributed by atoms with Gasteiger partial charge in [0.1, 0.15) is 5.82 Å². The number of Topliss-reactive ketones (excluding diaryl/α,β-unsaturated/α-hetero) is 2. The molecule has 2 aliphatic carbocycles. The average molecular weight is 581 g/mol. The quantitative estimate of drug-likeness (QED) is 0.406. The van der Waals surface area contributed by atoms with E-state index in [4.69, 9.17) is 21.1 Å². The van der Waals surface area contributed by atoms with Crippen LogP contribution < -0.4 is 20.1 Å². The molecule has 0 unspecified atom stereocenters. The summed E-state index contributed by atoms with van der Waals surface area (Å²) in [4.78, 5) is 39.7. The highest BCUT2D eigenvalue weighted by atomic mass is 35.5. The molecule has 7 nitrogen and oxygen atoms in total. The number of ether oxygens (including phenoxy) is 2. The molecule has 0 bridgehead atoms. The molecule has 0 atom stereocenters. The molecule has 9 heteroatoms. The van der Waals surface area contributed by atoms with Crippen LogP contribution in [-0.4, -0.2) is 31.2 Å². The summed E-state index contributed by atoms with van der Waals surface area (Å²) >= 11 is 6.71. The van der Waals surface area contributed by atoms with Crippen LogP contribution in [0.5, 0.6) is 11.5 Å². The fraction of sp³-hybridized carbons (Fsp3) is 0.406. The van der Waals surface area contributed by atoms with Crippen molar-refractivity contribution >= 4 is 34.8 Å². The van der Waals surface area contributed by atoms with Crippen molar-refractivity contribution in [1.29, 1.82) is 0 Å².